The number of rotatable bonds is 8. The van der Waals surface area contributed by atoms with E-state index in [1.165, 1.54) is 24.8 Å². The van der Waals surface area contributed by atoms with Crippen molar-refractivity contribution in [2.75, 3.05) is 0 Å². The van der Waals surface area contributed by atoms with E-state index in [-0.39, 0.29) is 17.9 Å². The molecule has 0 bridgehead atoms. The molecule has 0 saturated heterocycles. The van der Waals surface area contributed by atoms with Crippen molar-refractivity contribution in [3.8, 4) is 0 Å². The van der Waals surface area contributed by atoms with E-state index in [2.05, 4.69) is 24.4 Å². The van der Waals surface area contributed by atoms with Crippen molar-refractivity contribution < 1.29 is 9.59 Å². The molecule has 2 aromatic rings. The minimum atomic E-state index is -0.454. The summed E-state index contributed by atoms with van der Waals surface area (Å²) in [4.78, 5) is 28.3. The molecule has 1 N–H and O–H groups in total. The van der Waals surface area contributed by atoms with Gasteiger partial charge >= 0.3 is 0 Å². The molecule has 1 atom stereocenters. The fraction of sp³-hybridized carbons (Fsp3) is 0.462. The van der Waals surface area contributed by atoms with Gasteiger partial charge in [0.25, 0.3) is 0 Å². The molecule has 1 fully saturated rings. The van der Waals surface area contributed by atoms with Crippen molar-refractivity contribution in [3.05, 3.63) is 71.3 Å². The van der Waals surface area contributed by atoms with Crippen LogP contribution in [0.15, 0.2) is 54.6 Å². The molecule has 0 heterocycles. The Morgan fingerprint density at radius 1 is 0.967 bits per heavy atom. The molecule has 2 amide bonds. The van der Waals surface area contributed by atoms with Crippen LogP contribution in [-0.4, -0.2) is 28.8 Å². The molecule has 0 aromatic heterocycles. The van der Waals surface area contributed by atoms with E-state index in [0.29, 0.717) is 19.4 Å². The minimum Gasteiger partial charge on any atom is -0.352 e. The lowest BCUT2D eigenvalue weighted by atomic mass is 9.95. The number of benzene rings is 2. The molecule has 1 saturated carbocycles. The molecule has 160 valence electrons. The van der Waals surface area contributed by atoms with Crippen LogP contribution in [0.3, 0.4) is 0 Å². The van der Waals surface area contributed by atoms with Crippen molar-refractivity contribution >= 4 is 11.8 Å². The number of carbonyl (C=O) groups excluding carboxylic acids is 2. The molecule has 3 rings (SSSR count). The van der Waals surface area contributed by atoms with Crippen molar-refractivity contribution in [1.82, 2.24) is 10.2 Å². The minimum absolute atomic E-state index is 0.00702. The summed E-state index contributed by atoms with van der Waals surface area (Å²) < 4.78 is 0. The zero-order chi connectivity index (χ0) is 21.3. The third-order valence-electron chi connectivity index (χ3n) is 6.01. The largest absolute Gasteiger partial charge is 0.352 e. The molecule has 0 unspecified atom stereocenters. The normalized spacial score (nSPS) is 15.4. The van der Waals surface area contributed by atoms with Gasteiger partial charge in [-0.3, -0.25) is 9.59 Å². The second kappa shape index (κ2) is 11.0. The number of carbonyl (C=O) groups is 2. The summed E-state index contributed by atoms with van der Waals surface area (Å²) in [6, 6.07) is 17.8. The van der Waals surface area contributed by atoms with Crippen molar-refractivity contribution in [1.29, 1.82) is 0 Å². The summed E-state index contributed by atoms with van der Waals surface area (Å²) in [5, 5.41) is 3.23. The zero-order valence-electron chi connectivity index (χ0n) is 18.3. The highest BCUT2D eigenvalue weighted by molar-refractivity contribution is 5.88. The number of hydrogen-bond donors (Lipinski definition) is 1. The van der Waals surface area contributed by atoms with E-state index in [0.717, 1.165) is 24.0 Å². The summed E-state index contributed by atoms with van der Waals surface area (Å²) in [5.41, 5.74) is 3.20. The summed E-state index contributed by atoms with van der Waals surface area (Å²) in [5.74, 6) is -0.0228. The van der Waals surface area contributed by atoms with Crippen LogP contribution in [0.5, 0.6) is 0 Å². The van der Waals surface area contributed by atoms with Gasteiger partial charge in [0.05, 0.1) is 6.42 Å². The van der Waals surface area contributed by atoms with E-state index in [1.807, 2.05) is 49.4 Å². The quantitative estimate of drug-likeness (QED) is 0.685. The maximum Gasteiger partial charge on any atom is 0.243 e. The molecule has 1 aliphatic rings. The number of hydrogen-bond acceptors (Lipinski definition) is 2. The van der Waals surface area contributed by atoms with Crippen LogP contribution in [0.4, 0.5) is 0 Å². The number of aryl methyl sites for hydroxylation is 1. The van der Waals surface area contributed by atoms with Crippen LogP contribution in [0.1, 0.15) is 62.1 Å². The molecule has 4 heteroatoms. The van der Waals surface area contributed by atoms with Gasteiger partial charge in [-0.2, -0.15) is 0 Å². The molecule has 30 heavy (non-hydrogen) atoms. The summed E-state index contributed by atoms with van der Waals surface area (Å²) >= 11 is 0. The fourth-order valence-corrected chi connectivity index (χ4v) is 4.23. The molecule has 2 aromatic carbocycles. The van der Waals surface area contributed by atoms with Gasteiger partial charge in [-0.05, 0) is 37.3 Å². The Bertz CT molecular complexity index is 811. The zero-order valence-corrected chi connectivity index (χ0v) is 18.3. The first-order chi connectivity index (χ1) is 14.6. The van der Waals surface area contributed by atoms with Crippen LogP contribution < -0.4 is 5.32 Å². The Hall–Kier alpha value is -2.62. The van der Waals surface area contributed by atoms with E-state index in [4.69, 9.17) is 0 Å². The first kappa shape index (κ1) is 22.1. The smallest absolute Gasteiger partial charge is 0.243 e. The number of amides is 2. The second-order valence-corrected chi connectivity index (χ2v) is 8.44. The van der Waals surface area contributed by atoms with Crippen molar-refractivity contribution in [2.24, 2.45) is 0 Å². The lowest BCUT2D eigenvalue weighted by Crippen LogP contribution is -2.51. The highest BCUT2D eigenvalue weighted by atomic mass is 16.2. The Kier molecular flexibility index (Phi) is 8.06. The van der Waals surface area contributed by atoms with Gasteiger partial charge in [-0.1, -0.05) is 86.3 Å². The Morgan fingerprint density at radius 2 is 1.63 bits per heavy atom. The fourth-order valence-electron chi connectivity index (χ4n) is 4.23. The SMILES string of the molecule is CC[C@H](C(=O)NC1CCCCC1)N(Cc1ccc(C)cc1)C(=O)Cc1ccccc1. The molecule has 1 aliphatic carbocycles. The Labute approximate surface area is 180 Å². The molecule has 0 radical (unpaired) electrons. The second-order valence-electron chi connectivity index (χ2n) is 8.44. The van der Waals surface area contributed by atoms with Crippen LogP contribution in [0.2, 0.25) is 0 Å². The molecular formula is C26H34N2O2. The van der Waals surface area contributed by atoms with Crippen molar-refractivity contribution in [2.45, 2.75) is 77.4 Å². The average molecular weight is 407 g/mol. The lowest BCUT2D eigenvalue weighted by Gasteiger charge is -2.33. The summed E-state index contributed by atoms with van der Waals surface area (Å²) in [6.45, 7) is 4.49. The Balaban J connectivity index is 1.78. The van der Waals surface area contributed by atoms with E-state index in [1.54, 1.807) is 4.90 Å². The number of nitrogens with zero attached hydrogens (tertiary/aromatic N) is 1. The maximum atomic E-state index is 13.3. The third kappa shape index (κ3) is 6.19. The molecule has 0 aliphatic heterocycles. The molecule has 0 spiro atoms. The van der Waals surface area contributed by atoms with Gasteiger partial charge in [0.15, 0.2) is 0 Å². The monoisotopic (exact) mass is 406 g/mol. The Morgan fingerprint density at radius 3 is 2.27 bits per heavy atom. The van der Waals surface area contributed by atoms with Gasteiger partial charge in [0.2, 0.25) is 11.8 Å². The first-order valence-electron chi connectivity index (χ1n) is 11.3. The van der Waals surface area contributed by atoms with E-state index < -0.39 is 6.04 Å². The van der Waals surface area contributed by atoms with Crippen molar-refractivity contribution in [3.63, 3.8) is 0 Å². The van der Waals surface area contributed by atoms with Gasteiger partial charge in [-0.15, -0.1) is 0 Å². The lowest BCUT2D eigenvalue weighted by molar-refractivity contribution is -0.141. The van der Waals surface area contributed by atoms with Gasteiger partial charge in [-0.25, -0.2) is 0 Å². The topological polar surface area (TPSA) is 49.4 Å². The highest BCUT2D eigenvalue weighted by Crippen LogP contribution is 2.19. The van der Waals surface area contributed by atoms with Gasteiger partial charge in [0.1, 0.15) is 6.04 Å². The maximum absolute atomic E-state index is 13.3. The number of nitrogens with one attached hydrogen (secondary N) is 1. The predicted octanol–water partition coefficient (Wildman–Crippen LogP) is 4.79. The summed E-state index contributed by atoms with van der Waals surface area (Å²) in [6.07, 6.45) is 6.57. The van der Waals surface area contributed by atoms with E-state index in [9.17, 15) is 9.59 Å². The van der Waals surface area contributed by atoms with Gasteiger partial charge < -0.3 is 10.2 Å². The van der Waals surface area contributed by atoms with Gasteiger partial charge in [0, 0.05) is 12.6 Å². The highest BCUT2D eigenvalue weighted by Gasteiger charge is 2.30. The van der Waals surface area contributed by atoms with Crippen LogP contribution in [0.25, 0.3) is 0 Å². The standard InChI is InChI=1S/C26H34N2O2/c1-3-24(26(30)27-23-12-8-5-9-13-23)28(19-22-16-14-20(2)15-17-22)25(29)18-21-10-6-4-7-11-21/h4,6-7,10-11,14-17,23-24H,3,5,8-9,12-13,18-19H2,1-2H3,(H,27,30)/t24-/m1/s1. The third-order valence-corrected chi connectivity index (χ3v) is 6.01. The van der Waals surface area contributed by atoms with E-state index >= 15 is 0 Å². The first-order valence-corrected chi connectivity index (χ1v) is 11.3. The molecular weight excluding hydrogens is 372 g/mol. The van der Waals surface area contributed by atoms with Crippen LogP contribution in [-0.2, 0) is 22.6 Å². The predicted molar refractivity (Wildman–Crippen MR) is 121 cm³/mol. The summed E-state index contributed by atoms with van der Waals surface area (Å²) in [7, 11) is 0. The van der Waals surface area contributed by atoms with Crippen LogP contribution >= 0.6 is 0 Å². The average Bonchev–Trinajstić information content (AvgIpc) is 2.76. The molecule has 4 nitrogen and oxygen atoms in total. The van der Waals surface area contributed by atoms with Crippen LogP contribution in [0, 0.1) is 6.92 Å².